The van der Waals surface area contributed by atoms with Crippen LogP contribution in [0.4, 0.5) is 0 Å². The molecule has 0 saturated carbocycles. The van der Waals surface area contributed by atoms with Crippen molar-refractivity contribution in [2.75, 3.05) is 6.61 Å². The van der Waals surface area contributed by atoms with Crippen LogP contribution in [-0.4, -0.2) is 62.3 Å². The number of benzene rings is 1. The lowest BCUT2D eigenvalue weighted by atomic mass is 9.87. The normalized spacial score (nSPS) is 36.0. The summed E-state index contributed by atoms with van der Waals surface area (Å²) in [5.41, 5.74) is -0.791. The highest BCUT2D eigenvalue weighted by Gasteiger charge is 2.53. The number of isothiocyanates is 1. The molecule has 4 N–H and O–H groups in total. The molecule has 5 atom stereocenters. The topological polar surface area (TPSA) is 103 Å². The Kier molecular flexibility index (Phi) is 5.18. The smallest absolute Gasteiger partial charge is 0.201 e. The maximum Gasteiger partial charge on any atom is 0.201 e. The molecule has 1 aliphatic rings. The van der Waals surface area contributed by atoms with Crippen molar-refractivity contribution in [3.8, 4) is 0 Å². The SMILES string of the molecule is OC[C@H]1OC(Cc2ccccc2)(N=C=S)[C@H](O)[C@@H](O)[C@@H]1O. The Morgan fingerprint density at radius 2 is 1.86 bits per heavy atom. The van der Waals surface area contributed by atoms with Crippen molar-refractivity contribution in [2.45, 2.75) is 36.6 Å². The van der Waals surface area contributed by atoms with E-state index in [2.05, 4.69) is 22.4 Å². The van der Waals surface area contributed by atoms with Crippen LogP contribution >= 0.6 is 12.2 Å². The predicted octanol–water partition coefficient (Wildman–Crippen LogP) is -0.498. The van der Waals surface area contributed by atoms with Gasteiger partial charge in [-0.2, -0.15) is 4.99 Å². The van der Waals surface area contributed by atoms with E-state index in [1.165, 1.54) is 0 Å². The maximum absolute atomic E-state index is 10.3. The summed E-state index contributed by atoms with van der Waals surface area (Å²) in [6, 6.07) is 9.08. The first-order valence-electron chi connectivity index (χ1n) is 6.50. The quantitative estimate of drug-likeness (QED) is 0.442. The number of thiocarbonyl (C=S) groups is 1. The number of hydrogen-bond acceptors (Lipinski definition) is 7. The first kappa shape index (κ1) is 16.2. The van der Waals surface area contributed by atoms with Gasteiger partial charge in [-0.25, -0.2) is 0 Å². The molecule has 114 valence electrons. The standard InChI is InChI=1S/C14H17NO5S/c16-7-10-11(17)12(18)13(19)14(20-10,15-8-21)6-9-4-2-1-3-5-9/h1-5,10-13,16-19H,6-7H2/t10-,11-,12+,13-,14?/m1/s1. The third-order valence-corrected chi connectivity index (χ3v) is 3.68. The van der Waals surface area contributed by atoms with Crippen molar-refractivity contribution in [1.82, 2.24) is 0 Å². The summed E-state index contributed by atoms with van der Waals surface area (Å²) in [6.07, 6.45) is -5.36. The van der Waals surface area contributed by atoms with Crippen LogP contribution in [0.15, 0.2) is 35.3 Å². The zero-order valence-electron chi connectivity index (χ0n) is 11.2. The molecule has 1 aliphatic heterocycles. The van der Waals surface area contributed by atoms with Gasteiger partial charge in [0.25, 0.3) is 0 Å². The number of nitrogens with zero attached hydrogens (tertiary/aromatic N) is 1. The molecule has 0 aromatic heterocycles. The second-order valence-electron chi connectivity index (χ2n) is 4.98. The van der Waals surface area contributed by atoms with Crippen LogP contribution in [0.3, 0.4) is 0 Å². The van der Waals surface area contributed by atoms with Crippen molar-refractivity contribution >= 4 is 17.4 Å². The molecule has 0 aliphatic carbocycles. The third-order valence-electron chi connectivity index (χ3n) is 3.59. The van der Waals surface area contributed by atoms with E-state index in [0.29, 0.717) is 0 Å². The summed E-state index contributed by atoms with van der Waals surface area (Å²) in [4.78, 5) is 3.88. The minimum Gasteiger partial charge on any atom is -0.394 e. The van der Waals surface area contributed by atoms with Gasteiger partial charge in [0, 0.05) is 6.42 Å². The summed E-state index contributed by atoms with van der Waals surface area (Å²) in [5, 5.41) is 41.5. The van der Waals surface area contributed by atoms with E-state index < -0.39 is 36.7 Å². The average molecular weight is 311 g/mol. The minimum atomic E-state index is -1.59. The molecule has 0 bridgehead atoms. The third kappa shape index (κ3) is 3.20. The lowest BCUT2D eigenvalue weighted by molar-refractivity contribution is -0.270. The number of aliphatic hydroxyl groups excluding tert-OH is 4. The maximum atomic E-state index is 10.3. The fraction of sp³-hybridized carbons (Fsp3) is 0.500. The molecule has 0 amide bonds. The van der Waals surface area contributed by atoms with Crippen LogP contribution in [0.2, 0.25) is 0 Å². The number of ether oxygens (including phenoxy) is 1. The van der Waals surface area contributed by atoms with Gasteiger partial charge >= 0.3 is 0 Å². The number of hydrogen-bond donors (Lipinski definition) is 4. The van der Waals surface area contributed by atoms with E-state index in [4.69, 9.17) is 4.74 Å². The Hall–Kier alpha value is -1.18. The van der Waals surface area contributed by atoms with Gasteiger partial charge in [0.1, 0.15) is 24.4 Å². The molecular weight excluding hydrogens is 294 g/mol. The molecule has 21 heavy (non-hydrogen) atoms. The van der Waals surface area contributed by atoms with Gasteiger partial charge < -0.3 is 25.2 Å². The Morgan fingerprint density at radius 3 is 2.43 bits per heavy atom. The zero-order valence-corrected chi connectivity index (χ0v) is 12.0. The summed E-state index contributed by atoms with van der Waals surface area (Å²) >= 11 is 4.60. The molecule has 1 saturated heterocycles. The first-order chi connectivity index (χ1) is 10.0. The van der Waals surface area contributed by atoms with E-state index in [9.17, 15) is 20.4 Å². The molecule has 7 heteroatoms. The second-order valence-corrected chi connectivity index (χ2v) is 5.16. The van der Waals surface area contributed by atoms with Gasteiger partial charge in [-0.15, -0.1) is 0 Å². The Bertz CT molecular complexity index is 519. The van der Waals surface area contributed by atoms with Crippen molar-refractivity contribution < 1.29 is 25.2 Å². The number of aliphatic imine (C=N–C) groups is 1. The highest BCUT2D eigenvalue weighted by atomic mass is 32.1. The van der Waals surface area contributed by atoms with Crippen LogP contribution in [0.5, 0.6) is 0 Å². The average Bonchev–Trinajstić information content (AvgIpc) is 2.50. The molecule has 0 radical (unpaired) electrons. The molecule has 1 heterocycles. The molecule has 1 unspecified atom stereocenters. The monoisotopic (exact) mass is 311 g/mol. The number of rotatable bonds is 4. The Morgan fingerprint density at radius 1 is 1.19 bits per heavy atom. The summed E-state index contributed by atoms with van der Waals surface area (Å²) in [5.74, 6) is 0. The Balaban J connectivity index is 2.37. The molecule has 1 aromatic carbocycles. The van der Waals surface area contributed by atoms with Gasteiger partial charge in [0.05, 0.1) is 11.8 Å². The fourth-order valence-corrected chi connectivity index (χ4v) is 2.62. The number of aliphatic hydroxyl groups is 4. The molecule has 6 nitrogen and oxygen atoms in total. The van der Waals surface area contributed by atoms with E-state index in [0.717, 1.165) is 5.56 Å². The highest BCUT2D eigenvalue weighted by Crippen LogP contribution is 2.34. The second kappa shape index (κ2) is 6.72. The summed E-state index contributed by atoms with van der Waals surface area (Å²) in [7, 11) is 0. The predicted molar refractivity (Wildman–Crippen MR) is 77.9 cm³/mol. The van der Waals surface area contributed by atoms with Crippen LogP contribution in [0.1, 0.15) is 5.56 Å². The summed E-state index contributed by atoms with van der Waals surface area (Å²) in [6.45, 7) is -0.519. The molecule has 2 rings (SSSR count). The van der Waals surface area contributed by atoms with Crippen molar-refractivity contribution in [1.29, 1.82) is 0 Å². The molecule has 1 fully saturated rings. The lowest BCUT2D eigenvalue weighted by Crippen LogP contribution is -2.65. The molecule has 1 aromatic rings. The fourth-order valence-electron chi connectivity index (χ4n) is 2.46. The highest BCUT2D eigenvalue weighted by molar-refractivity contribution is 7.78. The van der Waals surface area contributed by atoms with Crippen LogP contribution < -0.4 is 0 Å². The van der Waals surface area contributed by atoms with E-state index in [1.807, 2.05) is 30.3 Å². The van der Waals surface area contributed by atoms with E-state index in [-0.39, 0.29) is 6.42 Å². The van der Waals surface area contributed by atoms with Gasteiger partial charge in [0.15, 0.2) is 0 Å². The largest absolute Gasteiger partial charge is 0.394 e. The zero-order chi connectivity index (χ0) is 15.5. The van der Waals surface area contributed by atoms with Gasteiger partial charge in [-0.1, -0.05) is 30.3 Å². The van der Waals surface area contributed by atoms with Crippen LogP contribution in [0, 0.1) is 0 Å². The van der Waals surface area contributed by atoms with Gasteiger partial charge in [-0.3, -0.25) is 0 Å². The van der Waals surface area contributed by atoms with Crippen molar-refractivity contribution in [3.63, 3.8) is 0 Å². The van der Waals surface area contributed by atoms with Gasteiger partial charge in [-0.05, 0) is 17.8 Å². The summed E-state index contributed by atoms with van der Waals surface area (Å²) < 4.78 is 5.56. The van der Waals surface area contributed by atoms with Crippen LogP contribution in [0.25, 0.3) is 0 Å². The van der Waals surface area contributed by atoms with Crippen LogP contribution in [-0.2, 0) is 11.2 Å². The van der Waals surface area contributed by atoms with Gasteiger partial charge in [0.2, 0.25) is 5.72 Å². The van der Waals surface area contributed by atoms with Crippen molar-refractivity contribution in [3.05, 3.63) is 35.9 Å². The van der Waals surface area contributed by atoms with E-state index >= 15 is 0 Å². The van der Waals surface area contributed by atoms with Crippen molar-refractivity contribution in [2.24, 2.45) is 4.99 Å². The molecular formula is C14H17NO5S. The Labute approximate surface area is 127 Å². The van der Waals surface area contributed by atoms with E-state index in [1.54, 1.807) is 0 Å². The lowest BCUT2D eigenvalue weighted by Gasteiger charge is -2.45. The minimum absolute atomic E-state index is 0.124. The molecule has 0 spiro atoms. The first-order valence-corrected chi connectivity index (χ1v) is 6.90.